The lowest BCUT2D eigenvalue weighted by atomic mass is 10.1. The summed E-state index contributed by atoms with van der Waals surface area (Å²) in [6, 6.07) is 15.0. The number of non-ortho nitro benzene ring substituents is 1. The van der Waals surface area contributed by atoms with Crippen molar-refractivity contribution in [3.05, 3.63) is 94.8 Å². The predicted octanol–water partition coefficient (Wildman–Crippen LogP) is 6.99. The number of anilines is 2. The van der Waals surface area contributed by atoms with E-state index in [1.165, 1.54) is 36.4 Å². The van der Waals surface area contributed by atoms with Gasteiger partial charge in [-0.1, -0.05) is 29.3 Å². The molecule has 0 aromatic heterocycles. The highest BCUT2D eigenvalue weighted by Crippen LogP contribution is 2.35. The molecule has 0 radical (unpaired) electrons. The van der Waals surface area contributed by atoms with E-state index < -0.39 is 16.7 Å². The summed E-state index contributed by atoms with van der Waals surface area (Å²) in [5, 5.41) is 26.2. The monoisotopic (exact) mass is 666 g/mol. The van der Waals surface area contributed by atoms with Gasteiger partial charge in [-0.05, 0) is 79.9 Å². The zero-order valence-electron chi connectivity index (χ0n) is 18.4. The number of hydrogen-bond donors (Lipinski definition) is 2. The highest BCUT2D eigenvalue weighted by Gasteiger charge is 2.15. The molecule has 0 saturated heterocycles. The molecule has 0 atom stereocenters. The smallest absolute Gasteiger partial charge is 0.271 e. The Balaban J connectivity index is 1.70. The average molecular weight is 669 g/mol. The number of nitriles is 1. The largest absolute Gasteiger partial charge is 0.481 e. The normalized spacial score (nSPS) is 10.8. The van der Waals surface area contributed by atoms with Crippen molar-refractivity contribution in [1.82, 2.24) is 0 Å². The Morgan fingerprint density at radius 3 is 2.32 bits per heavy atom. The van der Waals surface area contributed by atoms with E-state index in [1.807, 2.05) is 6.07 Å². The van der Waals surface area contributed by atoms with Crippen LogP contribution >= 0.6 is 55.1 Å². The van der Waals surface area contributed by atoms with Crippen LogP contribution in [-0.4, -0.2) is 23.3 Å². The number of nitrogens with zero attached hydrogens (tertiary/aromatic N) is 2. The average Bonchev–Trinajstić information content (AvgIpc) is 2.84. The summed E-state index contributed by atoms with van der Waals surface area (Å²) in [6.45, 7) is -0.318. The van der Waals surface area contributed by atoms with Crippen molar-refractivity contribution in [3.63, 3.8) is 0 Å². The second kappa shape index (κ2) is 12.7. The Hall–Kier alpha value is -3.43. The summed E-state index contributed by atoms with van der Waals surface area (Å²) in [5.41, 5.74) is 0.658. The molecular weight excluding hydrogens is 655 g/mol. The number of nitro benzene ring substituents is 1. The molecule has 2 N–H and O–H groups in total. The summed E-state index contributed by atoms with van der Waals surface area (Å²) in [5.74, 6) is -0.860. The summed E-state index contributed by atoms with van der Waals surface area (Å²) in [6.07, 6.45) is 1.34. The number of hydrogen-bond acceptors (Lipinski definition) is 6. The third-order valence-corrected chi connectivity index (χ3v) is 6.48. The first-order chi connectivity index (χ1) is 17.6. The van der Waals surface area contributed by atoms with E-state index in [-0.39, 0.29) is 23.6 Å². The van der Waals surface area contributed by atoms with Gasteiger partial charge >= 0.3 is 0 Å². The standard InChI is InChI=1S/C24H14Br2Cl2N4O5/c25-18-7-13(6-14(11-29)24(34)31-15-2-1-3-17(9-15)32(35)36)8-19(26)23(18)37-12-22(33)30-16-4-5-20(27)21(28)10-16/h1-10H,12H2,(H,30,33)(H,31,34)/b14-6-. The first-order valence-corrected chi connectivity index (χ1v) is 12.5. The van der Waals surface area contributed by atoms with Crippen LogP contribution in [0.1, 0.15) is 5.56 Å². The molecule has 3 aromatic carbocycles. The van der Waals surface area contributed by atoms with Crippen LogP contribution in [0.3, 0.4) is 0 Å². The summed E-state index contributed by atoms with van der Waals surface area (Å²) < 4.78 is 6.52. The Kier molecular flexibility index (Phi) is 9.66. The maximum absolute atomic E-state index is 12.6. The van der Waals surface area contributed by atoms with Gasteiger partial charge in [-0.2, -0.15) is 5.26 Å². The second-order valence-corrected chi connectivity index (χ2v) is 9.73. The first kappa shape index (κ1) is 28.1. The van der Waals surface area contributed by atoms with Crippen LogP contribution in [0, 0.1) is 21.4 Å². The zero-order valence-corrected chi connectivity index (χ0v) is 23.1. The summed E-state index contributed by atoms with van der Waals surface area (Å²) in [4.78, 5) is 35.2. The fourth-order valence-corrected chi connectivity index (χ4v) is 4.67. The van der Waals surface area contributed by atoms with Gasteiger partial charge < -0.3 is 15.4 Å². The van der Waals surface area contributed by atoms with Crippen molar-refractivity contribution in [3.8, 4) is 11.8 Å². The van der Waals surface area contributed by atoms with E-state index in [4.69, 9.17) is 27.9 Å². The van der Waals surface area contributed by atoms with Crippen LogP contribution in [0.5, 0.6) is 5.75 Å². The number of carbonyl (C=O) groups excluding carboxylic acids is 2. The Morgan fingerprint density at radius 2 is 1.70 bits per heavy atom. The maximum atomic E-state index is 12.6. The van der Waals surface area contributed by atoms with Crippen molar-refractivity contribution >= 4 is 90.0 Å². The molecule has 0 fully saturated rings. The molecule has 0 aliphatic rings. The highest BCUT2D eigenvalue weighted by atomic mass is 79.9. The molecule has 0 unspecified atom stereocenters. The van der Waals surface area contributed by atoms with Crippen LogP contribution in [0.2, 0.25) is 10.0 Å². The van der Waals surface area contributed by atoms with Gasteiger partial charge in [0.1, 0.15) is 17.4 Å². The van der Waals surface area contributed by atoms with Crippen LogP contribution < -0.4 is 15.4 Å². The number of rotatable bonds is 8. The van der Waals surface area contributed by atoms with E-state index in [1.54, 1.807) is 24.3 Å². The number of halogens is 4. The molecule has 0 bridgehead atoms. The third kappa shape index (κ3) is 7.77. The second-order valence-electron chi connectivity index (χ2n) is 7.21. The van der Waals surface area contributed by atoms with Gasteiger partial charge in [-0.25, -0.2) is 0 Å². The van der Waals surface area contributed by atoms with E-state index in [0.717, 1.165) is 0 Å². The Bertz CT molecular complexity index is 1450. The lowest BCUT2D eigenvalue weighted by molar-refractivity contribution is -0.384. The van der Waals surface area contributed by atoms with E-state index in [2.05, 4.69) is 42.5 Å². The molecule has 0 aliphatic heterocycles. The van der Waals surface area contributed by atoms with Crippen molar-refractivity contribution in [2.24, 2.45) is 0 Å². The number of nitrogens with one attached hydrogen (secondary N) is 2. The van der Waals surface area contributed by atoms with Gasteiger partial charge in [0.15, 0.2) is 6.61 Å². The molecule has 0 spiro atoms. The van der Waals surface area contributed by atoms with Gasteiger partial charge in [0.25, 0.3) is 17.5 Å². The minimum Gasteiger partial charge on any atom is -0.481 e. The molecule has 3 rings (SSSR count). The molecule has 188 valence electrons. The Morgan fingerprint density at radius 1 is 1.03 bits per heavy atom. The summed E-state index contributed by atoms with van der Waals surface area (Å²) in [7, 11) is 0. The van der Waals surface area contributed by atoms with Gasteiger partial charge in [-0.15, -0.1) is 0 Å². The molecule has 2 amide bonds. The quantitative estimate of drug-likeness (QED) is 0.115. The fourth-order valence-electron chi connectivity index (χ4n) is 2.92. The van der Waals surface area contributed by atoms with Crippen LogP contribution in [0.4, 0.5) is 17.1 Å². The van der Waals surface area contributed by atoms with E-state index in [9.17, 15) is 25.0 Å². The van der Waals surface area contributed by atoms with Crippen molar-refractivity contribution in [2.45, 2.75) is 0 Å². The topological polar surface area (TPSA) is 134 Å². The van der Waals surface area contributed by atoms with Gasteiger partial charge in [-0.3, -0.25) is 19.7 Å². The fraction of sp³-hybridized carbons (Fsp3) is 0.0417. The molecule has 0 heterocycles. The summed E-state index contributed by atoms with van der Waals surface area (Å²) >= 11 is 18.5. The first-order valence-electron chi connectivity index (χ1n) is 10.1. The molecule has 0 aliphatic carbocycles. The lowest BCUT2D eigenvalue weighted by Crippen LogP contribution is -2.20. The van der Waals surface area contributed by atoms with Crippen molar-refractivity contribution < 1.29 is 19.2 Å². The predicted molar refractivity (Wildman–Crippen MR) is 148 cm³/mol. The molecule has 9 nitrogen and oxygen atoms in total. The van der Waals surface area contributed by atoms with Crippen LogP contribution in [-0.2, 0) is 9.59 Å². The number of ether oxygens (including phenoxy) is 1. The molecular formula is C24H14Br2Cl2N4O5. The minimum absolute atomic E-state index is 0.172. The molecule has 37 heavy (non-hydrogen) atoms. The van der Waals surface area contributed by atoms with Gasteiger partial charge in [0, 0.05) is 23.5 Å². The van der Waals surface area contributed by atoms with E-state index >= 15 is 0 Å². The van der Waals surface area contributed by atoms with Crippen LogP contribution in [0.25, 0.3) is 6.08 Å². The number of amides is 2. The highest BCUT2D eigenvalue weighted by molar-refractivity contribution is 9.11. The number of nitro groups is 1. The number of benzene rings is 3. The van der Waals surface area contributed by atoms with Gasteiger partial charge in [0.05, 0.1) is 23.9 Å². The SMILES string of the molecule is N#C/C(=C/c1cc(Br)c(OCC(=O)Nc2ccc(Cl)c(Cl)c2)c(Br)c1)C(=O)Nc1cccc([N+](=O)[O-])c1. The molecule has 0 saturated carbocycles. The van der Waals surface area contributed by atoms with Crippen LogP contribution in [0.15, 0.2) is 69.1 Å². The Labute approximate surface area is 237 Å². The van der Waals surface area contributed by atoms with Crippen molar-refractivity contribution in [2.75, 3.05) is 17.2 Å². The zero-order chi connectivity index (χ0) is 27.1. The molecule has 13 heteroatoms. The minimum atomic E-state index is -0.741. The van der Waals surface area contributed by atoms with Gasteiger partial charge in [0.2, 0.25) is 0 Å². The van der Waals surface area contributed by atoms with E-state index in [0.29, 0.717) is 36.0 Å². The lowest BCUT2D eigenvalue weighted by Gasteiger charge is -2.12. The third-order valence-electron chi connectivity index (χ3n) is 4.56. The van der Waals surface area contributed by atoms with Crippen molar-refractivity contribution in [1.29, 1.82) is 5.26 Å². The number of carbonyl (C=O) groups is 2. The maximum Gasteiger partial charge on any atom is 0.271 e. The molecule has 3 aromatic rings.